The number of aryl methyl sites for hydroxylation is 1. The average Bonchev–Trinajstić information content (AvgIpc) is 2.93. The van der Waals surface area contributed by atoms with Crippen molar-refractivity contribution < 1.29 is 0 Å². The summed E-state index contributed by atoms with van der Waals surface area (Å²) < 4.78 is 2.27. The van der Waals surface area contributed by atoms with Gasteiger partial charge < -0.3 is 9.55 Å². The Hall–Kier alpha value is -2.08. The lowest BCUT2D eigenvalue weighted by molar-refractivity contribution is 0.602. The van der Waals surface area contributed by atoms with E-state index in [9.17, 15) is 4.79 Å². The molecule has 0 amide bonds. The smallest absolute Gasteiger partial charge is 0.270 e. The van der Waals surface area contributed by atoms with Crippen molar-refractivity contribution in [2.75, 3.05) is 5.75 Å². The highest BCUT2D eigenvalue weighted by molar-refractivity contribution is 7.99. The fraction of sp³-hybridized carbons (Fsp3) is 0.450. The summed E-state index contributed by atoms with van der Waals surface area (Å²) in [6, 6.07) is 4.00. The molecule has 5 nitrogen and oxygen atoms in total. The third-order valence-electron chi connectivity index (χ3n) is 4.26. The molecule has 0 aliphatic heterocycles. The Morgan fingerprint density at radius 3 is 2.81 bits per heavy atom. The molecule has 138 valence electrons. The van der Waals surface area contributed by atoms with Gasteiger partial charge >= 0.3 is 0 Å². The van der Waals surface area contributed by atoms with E-state index >= 15 is 0 Å². The molecule has 2 heterocycles. The van der Waals surface area contributed by atoms with E-state index in [2.05, 4.69) is 48.0 Å². The van der Waals surface area contributed by atoms with E-state index in [1.54, 1.807) is 11.8 Å². The molecule has 0 atom stereocenters. The lowest BCUT2D eigenvalue weighted by Crippen LogP contribution is -2.17. The number of nitrogens with one attached hydrogen (secondary N) is 1. The van der Waals surface area contributed by atoms with E-state index in [1.807, 2.05) is 12.1 Å². The van der Waals surface area contributed by atoms with E-state index in [-0.39, 0.29) is 5.56 Å². The Balaban J connectivity index is 2.16. The molecule has 0 spiro atoms. The van der Waals surface area contributed by atoms with Crippen LogP contribution in [0.5, 0.6) is 0 Å². The molecular weight excluding hydrogens is 344 g/mol. The Morgan fingerprint density at radius 1 is 1.31 bits per heavy atom. The molecule has 0 aliphatic carbocycles. The van der Waals surface area contributed by atoms with Crippen LogP contribution < -0.4 is 5.56 Å². The summed E-state index contributed by atoms with van der Waals surface area (Å²) in [5.41, 5.74) is 4.05. The van der Waals surface area contributed by atoms with Crippen LogP contribution >= 0.6 is 11.8 Å². The van der Waals surface area contributed by atoms with Gasteiger partial charge in [-0.1, -0.05) is 45.0 Å². The first kappa shape index (κ1) is 18.7. The van der Waals surface area contributed by atoms with Crippen LogP contribution in [0.15, 0.2) is 34.7 Å². The summed E-state index contributed by atoms with van der Waals surface area (Å²) in [5.74, 6) is 1.21. The van der Waals surface area contributed by atoms with Crippen molar-refractivity contribution in [3.63, 3.8) is 0 Å². The number of hydrogen-bond donors (Lipinski definition) is 1. The Morgan fingerprint density at radius 2 is 2.12 bits per heavy atom. The number of rotatable bonds is 8. The van der Waals surface area contributed by atoms with Crippen molar-refractivity contribution in [3.05, 3.63) is 40.8 Å². The van der Waals surface area contributed by atoms with Gasteiger partial charge in [0.15, 0.2) is 5.16 Å². The maximum atomic E-state index is 12.3. The minimum absolute atomic E-state index is 0.0998. The predicted molar refractivity (Wildman–Crippen MR) is 110 cm³/mol. The van der Waals surface area contributed by atoms with Crippen LogP contribution in [0, 0.1) is 5.92 Å². The number of nitrogens with zero attached hydrogens (tertiary/aromatic N) is 3. The SMILES string of the molecule is C=CCSc1nc2cc3[nH]c(=O)c(CC(C)C)nc3cc2n1CCCC. The molecule has 0 radical (unpaired) electrons. The van der Waals surface area contributed by atoms with Gasteiger partial charge in [-0.25, -0.2) is 9.97 Å². The van der Waals surface area contributed by atoms with Gasteiger partial charge in [-0.3, -0.25) is 4.79 Å². The second-order valence-electron chi connectivity index (χ2n) is 6.97. The van der Waals surface area contributed by atoms with E-state index in [1.165, 1.54) is 0 Å². The van der Waals surface area contributed by atoms with Crippen LogP contribution in [-0.2, 0) is 13.0 Å². The van der Waals surface area contributed by atoms with Gasteiger partial charge in [0.2, 0.25) is 0 Å². The molecule has 1 N–H and O–H groups in total. The van der Waals surface area contributed by atoms with E-state index in [0.717, 1.165) is 52.4 Å². The van der Waals surface area contributed by atoms with Gasteiger partial charge in [-0.15, -0.1) is 6.58 Å². The average molecular weight is 371 g/mol. The lowest BCUT2D eigenvalue weighted by atomic mass is 10.1. The minimum atomic E-state index is -0.0998. The van der Waals surface area contributed by atoms with Crippen LogP contribution in [0.3, 0.4) is 0 Å². The molecule has 1 aromatic carbocycles. The topological polar surface area (TPSA) is 63.6 Å². The molecule has 2 aromatic heterocycles. The predicted octanol–water partition coefficient (Wildman–Crippen LogP) is 4.55. The molecule has 0 unspecified atom stereocenters. The Bertz CT molecular complexity index is 987. The second kappa shape index (κ2) is 8.08. The van der Waals surface area contributed by atoms with Crippen molar-refractivity contribution in [2.45, 2.75) is 51.7 Å². The summed E-state index contributed by atoms with van der Waals surface area (Å²) in [6.45, 7) is 11.1. The zero-order valence-corrected chi connectivity index (χ0v) is 16.5. The quantitative estimate of drug-likeness (QED) is 0.467. The lowest BCUT2D eigenvalue weighted by Gasteiger charge is -2.08. The normalized spacial score (nSPS) is 11.7. The molecule has 3 aromatic rings. The monoisotopic (exact) mass is 370 g/mol. The molecule has 0 aliphatic rings. The second-order valence-corrected chi connectivity index (χ2v) is 7.96. The number of fused-ring (bicyclic) bond motifs is 2. The summed E-state index contributed by atoms with van der Waals surface area (Å²) in [7, 11) is 0. The molecule has 0 saturated heterocycles. The van der Waals surface area contributed by atoms with Gasteiger partial charge in [0.1, 0.15) is 5.69 Å². The van der Waals surface area contributed by atoms with Gasteiger partial charge in [0.25, 0.3) is 5.56 Å². The summed E-state index contributed by atoms with van der Waals surface area (Å²) in [6.07, 6.45) is 4.80. The number of hydrogen-bond acceptors (Lipinski definition) is 4. The summed E-state index contributed by atoms with van der Waals surface area (Å²) >= 11 is 1.69. The Labute approximate surface area is 157 Å². The number of thioether (sulfide) groups is 1. The zero-order chi connectivity index (χ0) is 18.7. The first-order valence-corrected chi connectivity index (χ1v) is 10.2. The van der Waals surface area contributed by atoms with Crippen LogP contribution in [-0.4, -0.2) is 25.3 Å². The van der Waals surface area contributed by atoms with Crippen molar-refractivity contribution in [1.82, 2.24) is 19.5 Å². The highest BCUT2D eigenvalue weighted by atomic mass is 32.2. The Kier molecular flexibility index (Phi) is 5.81. The van der Waals surface area contributed by atoms with Crippen LogP contribution in [0.4, 0.5) is 0 Å². The van der Waals surface area contributed by atoms with E-state index < -0.39 is 0 Å². The number of aromatic amines is 1. The number of imidazole rings is 1. The largest absolute Gasteiger partial charge is 0.319 e. The fourth-order valence-corrected chi connectivity index (χ4v) is 3.80. The van der Waals surface area contributed by atoms with Crippen LogP contribution in [0.25, 0.3) is 22.1 Å². The summed E-state index contributed by atoms with van der Waals surface area (Å²) in [5, 5.41) is 0.994. The van der Waals surface area contributed by atoms with E-state index in [0.29, 0.717) is 18.0 Å². The first-order valence-electron chi connectivity index (χ1n) is 9.20. The standard InChI is InChI=1S/C20H26N4OS/c1-5-7-8-24-18-12-15-14(11-16(18)23-20(24)26-9-6-2)22-19(25)17(21-15)10-13(3)4/h6,11-13H,2,5,7-10H2,1,3-4H3,(H,22,25). The molecule has 0 fully saturated rings. The van der Waals surface area contributed by atoms with Gasteiger partial charge in [-0.05, 0) is 30.9 Å². The minimum Gasteiger partial charge on any atom is -0.319 e. The van der Waals surface area contributed by atoms with Gasteiger partial charge in [-0.2, -0.15) is 0 Å². The molecular formula is C20H26N4OS. The fourth-order valence-electron chi connectivity index (χ4n) is 3.02. The molecule has 0 bridgehead atoms. The third kappa shape index (κ3) is 3.85. The molecule has 6 heteroatoms. The van der Waals surface area contributed by atoms with Crippen LogP contribution in [0.2, 0.25) is 0 Å². The van der Waals surface area contributed by atoms with Crippen LogP contribution in [0.1, 0.15) is 39.3 Å². The maximum absolute atomic E-state index is 12.3. The number of benzene rings is 1. The van der Waals surface area contributed by atoms with Crippen molar-refractivity contribution in [2.24, 2.45) is 5.92 Å². The molecule has 3 rings (SSSR count). The highest BCUT2D eigenvalue weighted by Crippen LogP contribution is 2.27. The first-order chi connectivity index (χ1) is 12.5. The van der Waals surface area contributed by atoms with Gasteiger partial charge in [0, 0.05) is 12.3 Å². The van der Waals surface area contributed by atoms with Crippen molar-refractivity contribution in [3.8, 4) is 0 Å². The molecule has 26 heavy (non-hydrogen) atoms. The number of H-pyrrole nitrogens is 1. The summed E-state index contributed by atoms with van der Waals surface area (Å²) in [4.78, 5) is 24.7. The van der Waals surface area contributed by atoms with Crippen molar-refractivity contribution >= 4 is 33.8 Å². The zero-order valence-electron chi connectivity index (χ0n) is 15.7. The number of unbranched alkanes of at least 4 members (excludes halogenated alkanes) is 1. The highest BCUT2D eigenvalue weighted by Gasteiger charge is 2.14. The number of aromatic nitrogens is 4. The molecule has 0 saturated carbocycles. The van der Waals surface area contributed by atoms with Gasteiger partial charge in [0.05, 0.1) is 22.1 Å². The van der Waals surface area contributed by atoms with Crippen molar-refractivity contribution in [1.29, 1.82) is 0 Å². The van der Waals surface area contributed by atoms with E-state index in [4.69, 9.17) is 4.98 Å². The third-order valence-corrected chi connectivity index (χ3v) is 5.24. The maximum Gasteiger partial charge on any atom is 0.270 e.